The number of carbonyl (C=O) groups is 2. The Morgan fingerprint density at radius 2 is 2.07 bits per heavy atom. The van der Waals surface area contributed by atoms with Gasteiger partial charge in [0.1, 0.15) is 0 Å². The van der Waals surface area contributed by atoms with Crippen LogP contribution in [0.25, 0.3) is 17.2 Å². The Bertz CT molecular complexity index is 948. The first-order chi connectivity index (χ1) is 14.5. The van der Waals surface area contributed by atoms with Gasteiger partial charge in [-0.1, -0.05) is 57.9 Å². The number of likely N-dealkylation sites (tertiary alicyclic amines) is 1. The van der Waals surface area contributed by atoms with Crippen molar-refractivity contribution in [3.63, 3.8) is 0 Å². The molecule has 0 unspecified atom stereocenters. The molecule has 5 nitrogen and oxygen atoms in total. The highest BCUT2D eigenvalue weighted by Gasteiger charge is 2.29. The molecule has 0 spiro atoms. The standard InChI is InChI=1S/C23H24BrClN2O3/c24-19-7-2-1-6-18(19)23-16(5-3-8-20(23)25)9-11-21(29)26-13-4-14-27-17(15-28)10-12-22(27)30/h1-3,5-9,11,17,28H,4,10,12-15H2,(H,26,29)/b11-9+/t17-/m0/s1. The van der Waals surface area contributed by atoms with E-state index in [0.717, 1.165) is 21.2 Å². The molecule has 2 amide bonds. The van der Waals surface area contributed by atoms with Crippen molar-refractivity contribution in [2.24, 2.45) is 0 Å². The molecule has 1 aliphatic heterocycles. The predicted octanol–water partition coefficient (Wildman–Crippen LogP) is 4.27. The second-order valence-electron chi connectivity index (χ2n) is 7.12. The molecule has 158 valence electrons. The highest BCUT2D eigenvalue weighted by atomic mass is 79.9. The lowest BCUT2D eigenvalue weighted by molar-refractivity contribution is -0.129. The van der Waals surface area contributed by atoms with Crippen LogP contribution in [0, 0.1) is 0 Å². The molecule has 1 heterocycles. The lowest BCUT2D eigenvalue weighted by Crippen LogP contribution is -2.37. The highest BCUT2D eigenvalue weighted by Crippen LogP contribution is 2.36. The topological polar surface area (TPSA) is 69.6 Å². The molecule has 0 saturated carbocycles. The number of hydrogen-bond donors (Lipinski definition) is 2. The Morgan fingerprint density at radius 1 is 1.27 bits per heavy atom. The fraction of sp³-hybridized carbons (Fsp3) is 0.304. The van der Waals surface area contributed by atoms with Crippen LogP contribution in [0.5, 0.6) is 0 Å². The monoisotopic (exact) mass is 490 g/mol. The minimum atomic E-state index is -0.209. The van der Waals surface area contributed by atoms with E-state index in [0.29, 0.717) is 37.4 Å². The van der Waals surface area contributed by atoms with Crippen LogP contribution in [0.1, 0.15) is 24.8 Å². The van der Waals surface area contributed by atoms with Gasteiger partial charge in [-0.15, -0.1) is 0 Å². The van der Waals surface area contributed by atoms with Crippen LogP contribution in [-0.4, -0.2) is 47.6 Å². The van der Waals surface area contributed by atoms with E-state index in [9.17, 15) is 14.7 Å². The molecule has 30 heavy (non-hydrogen) atoms. The van der Waals surface area contributed by atoms with Crippen LogP contribution in [0.15, 0.2) is 53.0 Å². The molecule has 1 atom stereocenters. The predicted molar refractivity (Wildman–Crippen MR) is 123 cm³/mol. The zero-order chi connectivity index (χ0) is 21.5. The van der Waals surface area contributed by atoms with E-state index in [1.807, 2.05) is 42.5 Å². The molecule has 0 aliphatic carbocycles. The quantitative estimate of drug-likeness (QED) is 0.428. The van der Waals surface area contributed by atoms with Crippen molar-refractivity contribution in [1.82, 2.24) is 10.2 Å². The fourth-order valence-corrected chi connectivity index (χ4v) is 4.37. The van der Waals surface area contributed by atoms with Crippen LogP contribution in [0.4, 0.5) is 0 Å². The van der Waals surface area contributed by atoms with Gasteiger partial charge in [-0.25, -0.2) is 0 Å². The summed E-state index contributed by atoms with van der Waals surface area (Å²) >= 11 is 10.0. The lowest BCUT2D eigenvalue weighted by atomic mass is 9.99. The lowest BCUT2D eigenvalue weighted by Gasteiger charge is -2.22. The van der Waals surface area contributed by atoms with Crippen LogP contribution in [0.3, 0.4) is 0 Å². The number of halogens is 2. The summed E-state index contributed by atoms with van der Waals surface area (Å²) < 4.78 is 0.926. The number of amides is 2. The number of carbonyl (C=O) groups excluding carboxylic acids is 2. The smallest absolute Gasteiger partial charge is 0.244 e. The molecular formula is C23H24BrClN2O3. The summed E-state index contributed by atoms with van der Waals surface area (Å²) in [5, 5.41) is 12.8. The Labute approximate surface area is 189 Å². The third-order valence-electron chi connectivity index (χ3n) is 5.14. The summed E-state index contributed by atoms with van der Waals surface area (Å²) in [7, 11) is 0. The van der Waals surface area contributed by atoms with E-state index in [-0.39, 0.29) is 24.5 Å². The van der Waals surface area contributed by atoms with E-state index in [4.69, 9.17) is 11.6 Å². The van der Waals surface area contributed by atoms with Crippen molar-refractivity contribution in [2.45, 2.75) is 25.3 Å². The molecule has 1 saturated heterocycles. The van der Waals surface area contributed by atoms with E-state index in [1.54, 1.807) is 11.0 Å². The fourth-order valence-electron chi connectivity index (χ4n) is 3.60. The van der Waals surface area contributed by atoms with Gasteiger partial charge in [0.05, 0.1) is 12.6 Å². The summed E-state index contributed by atoms with van der Waals surface area (Å²) in [6.07, 6.45) is 5.07. The summed E-state index contributed by atoms with van der Waals surface area (Å²) in [6, 6.07) is 13.3. The van der Waals surface area contributed by atoms with E-state index in [1.165, 1.54) is 6.08 Å². The second kappa shape index (κ2) is 10.8. The van der Waals surface area contributed by atoms with Crippen molar-refractivity contribution in [3.8, 4) is 11.1 Å². The van der Waals surface area contributed by atoms with Crippen LogP contribution < -0.4 is 5.32 Å². The number of nitrogens with zero attached hydrogens (tertiary/aromatic N) is 1. The molecule has 0 aromatic heterocycles. The molecule has 0 radical (unpaired) electrons. The minimum absolute atomic E-state index is 0.0136. The Balaban J connectivity index is 1.59. The van der Waals surface area contributed by atoms with Gasteiger partial charge in [0.25, 0.3) is 0 Å². The summed E-state index contributed by atoms with van der Waals surface area (Å²) in [4.78, 5) is 25.8. The van der Waals surface area contributed by atoms with Gasteiger partial charge in [-0.3, -0.25) is 9.59 Å². The molecule has 2 N–H and O–H groups in total. The van der Waals surface area contributed by atoms with Crippen molar-refractivity contribution in [2.75, 3.05) is 19.7 Å². The summed E-state index contributed by atoms with van der Waals surface area (Å²) in [5.41, 5.74) is 2.66. The number of aliphatic hydroxyl groups is 1. The number of nitrogens with one attached hydrogen (secondary N) is 1. The normalized spacial score (nSPS) is 16.4. The minimum Gasteiger partial charge on any atom is -0.394 e. The number of benzene rings is 2. The average Bonchev–Trinajstić information content (AvgIpc) is 3.10. The van der Waals surface area contributed by atoms with Gasteiger partial charge in [-0.05, 0) is 42.2 Å². The molecule has 0 bridgehead atoms. The maximum Gasteiger partial charge on any atom is 0.244 e. The number of hydrogen-bond acceptors (Lipinski definition) is 3. The number of aliphatic hydroxyl groups excluding tert-OH is 1. The Hall–Kier alpha value is -2.15. The van der Waals surface area contributed by atoms with Crippen molar-refractivity contribution in [3.05, 3.63) is 63.6 Å². The van der Waals surface area contributed by atoms with Gasteiger partial charge in [0, 0.05) is 40.6 Å². The van der Waals surface area contributed by atoms with Gasteiger partial charge in [-0.2, -0.15) is 0 Å². The maximum absolute atomic E-state index is 12.2. The molecule has 7 heteroatoms. The maximum atomic E-state index is 12.2. The van der Waals surface area contributed by atoms with Gasteiger partial charge >= 0.3 is 0 Å². The van der Waals surface area contributed by atoms with Gasteiger partial charge in [0.15, 0.2) is 0 Å². The SMILES string of the molecule is O=C(/C=C/c1cccc(Cl)c1-c1ccccc1Br)NCCCN1C(=O)CC[C@H]1CO. The van der Waals surface area contributed by atoms with E-state index >= 15 is 0 Å². The zero-order valence-electron chi connectivity index (χ0n) is 16.5. The van der Waals surface area contributed by atoms with Crippen molar-refractivity contribution in [1.29, 1.82) is 0 Å². The van der Waals surface area contributed by atoms with Gasteiger partial charge in [0.2, 0.25) is 11.8 Å². The van der Waals surface area contributed by atoms with Crippen molar-refractivity contribution >= 4 is 45.4 Å². The highest BCUT2D eigenvalue weighted by molar-refractivity contribution is 9.10. The molecule has 2 aromatic carbocycles. The van der Waals surface area contributed by atoms with Gasteiger partial charge < -0.3 is 15.3 Å². The third-order valence-corrected chi connectivity index (χ3v) is 6.15. The second-order valence-corrected chi connectivity index (χ2v) is 8.39. The largest absolute Gasteiger partial charge is 0.394 e. The van der Waals surface area contributed by atoms with Crippen molar-refractivity contribution < 1.29 is 14.7 Å². The first-order valence-electron chi connectivity index (χ1n) is 9.91. The Morgan fingerprint density at radius 3 is 2.83 bits per heavy atom. The molecular weight excluding hydrogens is 468 g/mol. The van der Waals surface area contributed by atoms with Crippen LogP contribution >= 0.6 is 27.5 Å². The Kier molecular flexibility index (Phi) is 8.08. The molecule has 1 aliphatic rings. The van der Waals surface area contributed by atoms with Crippen LogP contribution in [0.2, 0.25) is 5.02 Å². The summed E-state index contributed by atoms with van der Waals surface area (Å²) in [5.74, 6) is -0.139. The van der Waals surface area contributed by atoms with E-state index < -0.39 is 0 Å². The summed E-state index contributed by atoms with van der Waals surface area (Å²) in [6.45, 7) is 0.979. The first kappa shape index (κ1) is 22.5. The van der Waals surface area contributed by atoms with E-state index in [2.05, 4.69) is 21.2 Å². The molecule has 1 fully saturated rings. The first-order valence-corrected chi connectivity index (χ1v) is 11.1. The number of rotatable bonds is 8. The van der Waals surface area contributed by atoms with Crippen LogP contribution in [-0.2, 0) is 9.59 Å². The molecule has 3 rings (SSSR count). The average molecular weight is 492 g/mol. The molecule has 2 aromatic rings. The third kappa shape index (κ3) is 5.50. The zero-order valence-corrected chi connectivity index (χ0v) is 18.8.